The highest BCUT2D eigenvalue weighted by Gasteiger charge is 2.25. The SMILES string of the molecule is CCc1ccc(C(C)NCCCCC(F)(F)F)cc1. The first-order chi connectivity index (χ1) is 8.92. The first kappa shape index (κ1) is 16.0. The van der Waals surface area contributed by atoms with E-state index < -0.39 is 12.6 Å². The molecular weight excluding hydrogens is 251 g/mol. The molecule has 0 aromatic heterocycles. The van der Waals surface area contributed by atoms with Crippen LogP contribution in [-0.2, 0) is 6.42 Å². The lowest BCUT2D eigenvalue weighted by molar-refractivity contribution is -0.135. The molecule has 0 spiro atoms. The summed E-state index contributed by atoms with van der Waals surface area (Å²) in [5, 5.41) is 3.26. The Hall–Kier alpha value is -1.03. The molecule has 0 aliphatic heterocycles. The molecule has 1 rings (SSSR count). The van der Waals surface area contributed by atoms with E-state index in [1.54, 1.807) is 0 Å². The van der Waals surface area contributed by atoms with Gasteiger partial charge in [-0.05, 0) is 43.9 Å². The Labute approximate surface area is 113 Å². The fourth-order valence-corrected chi connectivity index (χ4v) is 1.93. The third kappa shape index (κ3) is 6.62. The van der Waals surface area contributed by atoms with E-state index in [2.05, 4.69) is 36.5 Å². The second-order valence-electron chi connectivity index (χ2n) is 4.84. The predicted octanol–water partition coefficient (Wildman–Crippen LogP) is 4.63. The number of aryl methyl sites for hydroxylation is 1. The summed E-state index contributed by atoms with van der Waals surface area (Å²) in [5.41, 5.74) is 2.47. The molecule has 0 aliphatic rings. The Bertz CT molecular complexity index is 357. The molecule has 0 radical (unpaired) electrons. The third-order valence-corrected chi connectivity index (χ3v) is 3.23. The van der Waals surface area contributed by atoms with Gasteiger partial charge in [-0.2, -0.15) is 13.2 Å². The minimum Gasteiger partial charge on any atom is -0.310 e. The largest absolute Gasteiger partial charge is 0.389 e. The van der Waals surface area contributed by atoms with Gasteiger partial charge in [0.25, 0.3) is 0 Å². The summed E-state index contributed by atoms with van der Waals surface area (Å²) in [5.74, 6) is 0. The summed E-state index contributed by atoms with van der Waals surface area (Å²) in [6.07, 6.45) is -2.95. The van der Waals surface area contributed by atoms with Crippen LogP contribution in [0.2, 0.25) is 0 Å². The average Bonchev–Trinajstić information content (AvgIpc) is 2.37. The van der Waals surface area contributed by atoms with Crippen LogP contribution in [0.5, 0.6) is 0 Å². The molecule has 1 unspecified atom stereocenters. The summed E-state index contributed by atoms with van der Waals surface area (Å²) in [6.45, 7) is 4.76. The van der Waals surface area contributed by atoms with Gasteiger partial charge in [0.05, 0.1) is 0 Å². The fraction of sp³-hybridized carbons (Fsp3) is 0.600. The normalized spacial score (nSPS) is 13.5. The van der Waals surface area contributed by atoms with Crippen LogP contribution in [0.4, 0.5) is 13.2 Å². The van der Waals surface area contributed by atoms with E-state index in [4.69, 9.17) is 0 Å². The number of alkyl halides is 3. The first-order valence-corrected chi connectivity index (χ1v) is 6.81. The van der Waals surface area contributed by atoms with Crippen molar-refractivity contribution in [3.8, 4) is 0 Å². The van der Waals surface area contributed by atoms with Crippen molar-refractivity contribution in [1.82, 2.24) is 5.32 Å². The zero-order chi connectivity index (χ0) is 14.3. The van der Waals surface area contributed by atoms with Crippen LogP contribution < -0.4 is 5.32 Å². The Kier molecular flexibility index (Phi) is 6.35. The second kappa shape index (κ2) is 7.53. The van der Waals surface area contributed by atoms with Crippen LogP contribution in [0.15, 0.2) is 24.3 Å². The van der Waals surface area contributed by atoms with Crippen molar-refractivity contribution in [2.75, 3.05) is 6.54 Å². The smallest absolute Gasteiger partial charge is 0.310 e. The maximum atomic E-state index is 12.0. The molecule has 1 N–H and O–H groups in total. The molecule has 0 fully saturated rings. The number of rotatable bonds is 7. The lowest BCUT2D eigenvalue weighted by Crippen LogP contribution is -2.20. The molecule has 0 saturated heterocycles. The van der Waals surface area contributed by atoms with Gasteiger partial charge in [0.2, 0.25) is 0 Å². The van der Waals surface area contributed by atoms with Gasteiger partial charge in [-0.3, -0.25) is 0 Å². The maximum Gasteiger partial charge on any atom is 0.389 e. The first-order valence-electron chi connectivity index (χ1n) is 6.81. The van der Waals surface area contributed by atoms with Crippen molar-refractivity contribution in [2.45, 2.75) is 51.7 Å². The van der Waals surface area contributed by atoms with Gasteiger partial charge in [-0.1, -0.05) is 31.2 Å². The number of halogens is 3. The van der Waals surface area contributed by atoms with E-state index >= 15 is 0 Å². The highest BCUT2D eigenvalue weighted by atomic mass is 19.4. The van der Waals surface area contributed by atoms with E-state index in [0.717, 1.165) is 6.42 Å². The number of hydrogen-bond donors (Lipinski definition) is 1. The van der Waals surface area contributed by atoms with Crippen LogP contribution in [0.1, 0.15) is 50.3 Å². The highest BCUT2D eigenvalue weighted by molar-refractivity contribution is 5.24. The van der Waals surface area contributed by atoms with Crippen LogP contribution in [0.25, 0.3) is 0 Å². The Morgan fingerprint density at radius 3 is 2.26 bits per heavy atom. The van der Waals surface area contributed by atoms with E-state index in [9.17, 15) is 13.2 Å². The van der Waals surface area contributed by atoms with Crippen molar-refractivity contribution in [1.29, 1.82) is 0 Å². The number of benzene rings is 1. The molecule has 0 saturated carbocycles. The lowest BCUT2D eigenvalue weighted by atomic mass is 10.0. The van der Waals surface area contributed by atoms with Crippen molar-refractivity contribution in [3.63, 3.8) is 0 Å². The molecule has 1 aromatic rings. The maximum absolute atomic E-state index is 12.0. The molecule has 19 heavy (non-hydrogen) atoms. The van der Waals surface area contributed by atoms with Crippen LogP contribution >= 0.6 is 0 Å². The minimum atomic E-state index is -4.03. The van der Waals surface area contributed by atoms with E-state index in [0.29, 0.717) is 13.0 Å². The van der Waals surface area contributed by atoms with Gasteiger partial charge in [-0.15, -0.1) is 0 Å². The lowest BCUT2D eigenvalue weighted by Gasteiger charge is -2.15. The zero-order valence-electron chi connectivity index (χ0n) is 11.6. The van der Waals surface area contributed by atoms with E-state index in [-0.39, 0.29) is 12.5 Å². The summed E-state index contributed by atoms with van der Waals surface area (Å²) < 4.78 is 35.9. The highest BCUT2D eigenvalue weighted by Crippen LogP contribution is 2.22. The third-order valence-electron chi connectivity index (χ3n) is 3.23. The molecule has 1 aromatic carbocycles. The Morgan fingerprint density at radius 1 is 1.11 bits per heavy atom. The molecule has 0 heterocycles. The predicted molar refractivity (Wildman–Crippen MR) is 72.1 cm³/mol. The van der Waals surface area contributed by atoms with Crippen LogP contribution in [-0.4, -0.2) is 12.7 Å². The molecule has 1 atom stereocenters. The van der Waals surface area contributed by atoms with Gasteiger partial charge in [0.15, 0.2) is 0 Å². The van der Waals surface area contributed by atoms with Gasteiger partial charge in [-0.25, -0.2) is 0 Å². The van der Waals surface area contributed by atoms with Gasteiger partial charge < -0.3 is 5.32 Å². The second-order valence-corrected chi connectivity index (χ2v) is 4.84. The fourth-order valence-electron chi connectivity index (χ4n) is 1.93. The van der Waals surface area contributed by atoms with Gasteiger partial charge >= 0.3 is 6.18 Å². The molecular formula is C15H22F3N. The van der Waals surface area contributed by atoms with E-state index in [1.807, 2.05) is 6.92 Å². The van der Waals surface area contributed by atoms with Gasteiger partial charge in [0.1, 0.15) is 0 Å². The summed E-state index contributed by atoms with van der Waals surface area (Å²) in [4.78, 5) is 0. The molecule has 1 nitrogen and oxygen atoms in total. The van der Waals surface area contributed by atoms with Crippen molar-refractivity contribution >= 4 is 0 Å². The number of nitrogens with one attached hydrogen (secondary N) is 1. The molecule has 0 amide bonds. The molecule has 0 bridgehead atoms. The van der Waals surface area contributed by atoms with Gasteiger partial charge in [0, 0.05) is 12.5 Å². The van der Waals surface area contributed by atoms with Crippen molar-refractivity contribution in [3.05, 3.63) is 35.4 Å². The van der Waals surface area contributed by atoms with Crippen LogP contribution in [0, 0.1) is 0 Å². The average molecular weight is 273 g/mol. The Balaban J connectivity index is 2.25. The van der Waals surface area contributed by atoms with E-state index in [1.165, 1.54) is 11.1 Å². The minimum absolute atomic E-state index is 0.178. The molecule has 108 valence electrons. The quantitative estimate of drug-likeness (QED) is 0.714. The molecule has 0 aliphatic carbocycles. The Morgan fingerprint density at radius 2 is 1.74 bits per heavy atom. The zero-order valence-corrected chi connectivity index (χ0v) is 11.6. The molecule has 4 heteroatoms. The summed E-state index contributed by atoms with van der Waals surface area (Å²) >= 11 is 0. The summed E-state index contributed by atoms with van der Waals surface area (Å²) in [7, 11) is 0. The van der Waals surface area contributed by atoms with Crippen molar-refractivity contribution < 1.29 is 13.2 Å². The van der Waals surface area contributed by atoms with Crippen molar-refractivity contribution in [2.24, 2.45) is 0 Å². The van der Waals surface area contributed by atoms with Crippen LogP contribution in [0.3, 0.4) is 0 Å². The number of hydrogen-bond acceptors (Lipinski definition) is 1. The topological polar surface area (TPSA) is 12.0 Å². The summed E-state index contributed by atoms with van der Waals surface area (Å²) in [6, 6.07) is 8.52. The standard InChI is InChI=1S/C15H22F3N/c1-3-13-6-8-14(9-7-13)12(2)19-11-5-4-10-15(16,17)18/h6-9,12,19H,3-5,10-11H2,1-2H3. The monoisotopic (exact) mass is 273 g/mol. The number of unbranched alkanes of at least 4 members (excludes halogenated alkanes) is 1.